The Hall–Kier alpha value is -3.54. The molecule has 1 aromatic heterocycles. The lowest BCUT2D eigenvalue weighted by molar-refractivity contribution is 0.102. The highest BCUT2D eigenvalue weighted by Gasteiger charge is 2.18. The normalized spacial score (nSPS) is 14.8. The van der Waals surface area contributed by atoms with Gasteiger partial charge >= 0.3 is 0 Å². The standard InChI is InChI=1S/C23H21N3O3/c27-23(25-19-6-7-20-21(13-19)29-12-11-28-20)17-5-8-22(24-14-17)26-10-9-16-3-1-2-4-18(16)15-26/h1-8,13-14H,9-12,15H2,(H,25,27). The molecule has 0 aliphatic carbocycles. The van der Waals surface area contributed by atoms with Crippen molar-refractivity contribution in [1.29, 1.82) is 0 Å². The van der Waals surface area contributed by atoms with Gasteiger partial charge in [-0.25, -0.2) is 4.98 Å². The molecule has 0 unspecified atom stereocenters. The molecule has 0 saturated carbocycles. The molecule has 0 fully saturated rings. The minimum absolute atomic E-state index is 0.204. The molecule has 1 amide bonds. The van der Waals surface area contributed by atoms with Crippen molar-refractivity contribution in [3.63, 3.8) is 0 Å². The highest BCUT2D eigenvalue weighted by atomic mass is 16.6. The van der Waals surface area contributed by atoms with Gasteiger partial charge in [0, 0.05) is 31.0 Å². The Balaban J connectivity index is 1.27. The highest BCUT2D eigenvalue weighted by Crippen LogP contribution is 2.32. The van der Waals surface area contributed by atoms with Crippen molar-refractivity contribution in [3.8, 4) is 11.5 Å². The number of hydrogen-bond acceptors (Lipinski definition) is 5. The number of nitrogens with one attached hydrogen (secondary N) is 1. The first-order valence-corrected chi connectivity index (χ1v) is 9.75. The third-order valence-corrected chi connectivity index (χ3v) is 5.26. The first-order valence-electron chi connectivity index (χ1n) is 9.75. The van der Waals surface area contributed by atoms with Crippen LogP contribution < -0.4 is 19.7 Å². The molecule has 2 aliphatic heterocycles. The average molecular weight is 387 g/mol. The molecule has 6 nitrogen and oxygen atoms in total. The number of aromatic nitrogens is 1. The van der Waals surface area contributed by atoms with Crippen LogP contribution in [0, 0.1) is 0 Å². The zero-order valence-corrected chi connectivity index (χ0v) is 15.9. The molecular weight excluding hydrogens is 366 g/mol. The van der Waals surface area contributed by atoms with E-state index in [1.165, 1.54) is 11.1 Å². The summed E-state index contributed by atoms with van der Waals surface area (Å²) < 4.78 is 11.1. The average Bonchev–Trinajstić information content (AvgIpc) is 2.79. The molecule has 29 heavy (non-hydrogen) atoms. The number of nitrogens with zero attached hydrogens (tertiary/aromatic N) is 2. The fourth-order valence-electron chi connectivity index (χ4n) is 3.72. The van der Waals surface area contributed by atoms with Crippen molar-refractivity contribution in [1.82, 2.24) is 4.98 Å². The summed E-state index contributed by atoms with van der Waals surface area (Å²) in [5, 5.41) is 2.89. The molecule has 1 N–H and O–H groups in total. The van der Waals surface area contributed by atoms with E-state index in [9.17, 15) is 4.79 Å². The molecule has 0 spiro atoms. The summed E-state index contributed by atoms with van der Waals surface area (Å²) in [5.41, 5.74) is 3.91. The minimum Gasteiger partial charge on any atom is -0.486 e. The molecule has 2 aromatic carbocycles. The van der Waals surface area contributed by atoms with Crippen molar-refractivity contribution in [3.05, 3.63) is 77.5 Å². The number of anilines is 2. The van der Waals surface area contributed by atoms with Crippen LogP contribution in [0.3, 0.4) is 0 Å². The highest BCUT2D eigenvalue weighted by molar-refractivity contribution is 6.04. The van der Waals surface area contributed by atoms with E-state index in [0.29, 0.717) is 36.0 Å². The molecule has 0 bridgehead atoms. The third kappa shape index (κ3) is 3.61. The zero-order valence-electron chi connectivity index (χ0n) is 15.9. The summed E-state index contributed by atoms with van der Waals surface area (Å²) in [4.78, 5) is 19.4. The molecule has 146 valence electrons. The smallest absolute Gasteiger partial charge is 0.257 e. The van der Waals surface area contributed by atoms with Crippen molar-refractivity contribution in [2.75, 3.05) is 30.0 Å². The number of hydrogen-bond donors (Lipinski definition) is 1. The molecule has 6 heteroatoms. The van der Waals surface area contributed by atoms with E-state index in [2.05, 4.69) is 39.5 Å². The predicted molar refractivity (Wildman–Crippen MR) is 111 cm³/mol. The third-order valence-electron chi connectivity index (χ3n) is 5.26. The Bertz CT molecular complexity index is 1050. The second-order valence-electron chi connectivity index (χ2n) is 7.16. The van der Waals surface area contributed by atoms with Crippen LogP contribution in [0.4, 0.5) is 11.5 Å². The van der Waals surface area contributed by atoms with Gasteiger partial charge in [0.05, 0.1) is 5.56 Å². The van der Waals surface area contributed by atoms with E-state index >= 15 is 0 Å². The molecule has 0 saturated heterocycles. The number of rotatable bonds is 3. The maximum atomic E-state index is 12.6. The maximum Gasteiger partial charge on any atom is 0.257 e. The number of carbonyl (C=O) groups excluding carboxylic acids is 1. The number of fused-ring (bicyclic) bond motifs is 2. The molecule has 3 heterocycles. The van der Waals surface area contributed by atoms with Crippen LogP contribution in [0.25, 0.3) is 0 Å². The number of benzene rings is 2. The Morgan fingerprint density at radius 3 is 2.62 bits per heavy atom. The summed E-state index contributed by atoms with van der Waals surface area (Å²) in [6, 6.07) is 17.6. The lowest BCUT2D eigenvalue weighted by Gasteiger charge is -2.29. The van der Waals surface area contributed by atoms with Crippen molar-refractivity contribution in [2.24, 2.45) is 0 Å². The number of ether oxygens (including phenoxy) is 2. The fraction of sp³-hybridized carbons (Fsp3) is 0.217. The van der Waals surface area contributed by atoms with Crippen LogP contribution in [-0.2, 0) is 13.0 Å². The molecule has 3 aromatic rings. The van der Waals surface area contributed by atoms with Gasteiger partial charge in [0.2, 0.25) is 0 Å². The van der Waals surface area contributed by atoms with E-state index in [4.69, 9.17) is 9.47 Å². The Morgan fingerprint density at radius 2 is 1.79 bits per heavy atom. The zero-order chi connectivity index (χ0) is 19.6. The lowest BCUT2D eigenvalue weighted by atomic mass is 10.00. The van der Waals surface area contributed by atoms with Crippen LogP contribution in [0.5, 0.6) is 11.5 Å². The van der Waals surface area contributed by atoms with E-state index < -0.39 is 0 Å². The summed E-state index contributed by atoms with van der Waals surface area (Å²) in [6.45, 7) is 2.81. The molecule has 0 atom stereocenters. The van der Waals surface area contributed by atoms with Gasteiger partial charge in [0.25, 0.3) is 5.91 Å². The molecule has 5 rings (SSSR count). The molecule has 2 aliphatic rings. The summed E-state index contributed by atoms with van der Waals surface area (Å²) in [7, 11) is 0. The van der Waals surface area contributed by atoms with Gasteiger partial charge in [-0.1, -0.05) is 24.3 Å². The van der Waals surface area contributed by atoms with Gasteiger partial charge in [-0.2, -0.15) is 0 Å². The van der Waals surface area contributed by atoms with Crippen molar-refractivity contribution in [2.45, 2.75) is 13.0 Å². The topological polar surface area (TPSA) is 63.7 Å². The second kappa shape index (κ2) is 7.47. The van der Waals surface area contributed by atoms with E-state index in [1.807, 2.05) is 12.1 Å². The van der Waals surface area contributed by atoms with E-state index in [-0.39, 0.29) is 5.91 Å². The van der Waals surface area contributed by atoms with Crippen LogP contribution in [0.1, 0.15) is 21.5 Å². The van der Waals surface area contributed by atoms with Gasteiger partial charge in [-0.15, -0.1) is 0 Å². The van der Waals surface area contributed by atoms with Crippen LogP contribution >= 0.6 is 0 Å². The van der Waals surface area contributed by atoms with Crippen LogP contribution in [0.15, 0.2) is 60.8 Å². The number of amides is 1. The van der Waals surface area contributed by atoms with Gasteiger partial charge in [-0.05, 0) is 41.8 Å². The van der Waals surface area contributed by atoms with Crippen molar-refractivity contribution < 1.29 is 14.3 Å². The van der Waals surface area contributed by atoms with Gasteiger partial charge in [0.15, 0.2) is 11.5 Å². The summed E-state index contributed by atoms with van der Waals surface area (Å²) in [5.74, 6) is 2.02. The largest absolute Gasteiger partial charge is 0.486 e. The summed E-state index contributed by atoms with van der Waals surface area (Å²) in [6.07, 6.45) is 2.63. The Kier molecular flexibility index (Phi) is 4.52. The van der Waals surface area contributed by atoms with Gasteiger partial charge < -0.3 is 19.7 Å². The SMILES string of the molecule is O=C(Nc1ccc2c(c1)OCCO2)c1ccc(N2CCc3ccccc3C2)nc1. The number of pyridine rings is 1. The van der Waals surface area contributed by atoms with Crippen molar-refractivity contribution >= 4 is 17.4 Å². The maximum absolute atomic E-state index is 12.6. The first kappa shape index (κ1) is 17.6. The van der Waals surface area contributed by atoms with Crippen LogP contribution in [0.2, 0.25) is 0 Å². The van der Waals surface area contributed by atoms with Crippen LogP contribution in [-0.4, -0.2) is 30.6 Å². The predicted octanol–water partition coefficient (Wildman–Crippen LogP) is 3.67. The minimum atomic E-state index is -0.204. The molecular formula is C23H21N3O3. The molecule has 0 radical (unpaired) electrons. The second-order valence-corrected chi connectivity index (χ2v) is 7.16. The van der Waals surface area contributed by atoms with E-state index in [1.54, 1.807) is 24.4 Å². The monoisotopic (exact) mass is 387 g/mol. The number of carbonyl (C=O) groups is 1. The Morgan fingerprint density at radius 1 is 0.966 bits per heavy atom. The Labute approximate surface area is 169 Å². The quantitative estimate of drug-likeness (QED) is 0.743. The fourth-order valence-corrected chi connectivity index (χ4v) is 3.72. The van der Waals surface area contributed by atoms with Gasteiger partial charge in [-0.3, -0.25) is 4.79 Å². The van der Waals surface area contributed by atoms with Gasteiger partial charge in [0.1, 0.15) is 19.0 Å². The lowest BCUT2D eigenvalue weighted by Crippen LogP contribution is -2.31. The van der Waals surface area contributed by atoms with E-state index in [0.717, 1.165) is 25.3 Å². The summed E-state index contributed by atoms with van der Waals surface area (Å²) >= 11 is 0. The first-order chi connectivity index (χ1) is 14.3.